The van der Waals surface area contributed by atoms with Gasteiger partial charge in [0.1, 0.15) is 5.82 Å². The van der Waals surface area contributed by atoms with Crippen LogP contribution in [0.4, 0.5) is 13.2 Å². The number of aryl methyl sites for hydroxylation is 1. The maximum Gasteiger partial charge on any atom is 0.416 e. The maximum absolute atomic E-state index is 13.1. The zero-order chi connectivity index (χ0) is 21.0. The highest BCUT2D eigenvalue weighted by Gasteiger charge is 2.31. The van der Waals surface area contributed by atoms with Gasteiger partial charge < -0.3 is 9.47 Å². The Hall–Kier alpha value is -2.05. The van der Waals surface area contributed by atoms with E-state index in [-0.39, 0.29) is 0 Å². The Kier molecular flexibility index (Phi) is 6.85. The molecule has 156 valence electrons. The fraction of sp³-hybridized carbons (Fsp3) is 0.409. The van der Waals surface area contributed by atoms with Gasteiger partial charge in [-0.25, -0.2) is 4.98 Å². The van der Waals surface area contributed by atoms with Crippen LogP contribution in [-0.2, 0) is 19.1 Å². The molecular weight excluding hydrogens is 399 g/mol. The molecule has 0 fully saturated rings. The molecule has 1 aromatic heterocycles. The molecule has 2 aromatic carbocycles. The molecule has 7 heteroatoms. The molecule has 1 heterocycles. The summed E-state index contributed by atoms with van der Waals surface area (Å²) in [6.45, 7) is 7.86. The van der Waals surface area contributed by atoms with Crippen molar-refractivity contribution < 1.29 is 13.2 Å². The van der Waals surface area contributed by atoms with Crippen molar-refractivity contribution in [3.8, 4) is 0 Å². The molecule has 0 atom stereocenters. The third-order valence-electron chi connectivity index (χ3n) is 5.18. The van der Waals surface area contributed by atoms with Crippen molar-refractivity contribution in [2.45, 2.75) is 39.4 Å². The van der Waals surface area contributed by atoms with Crippen LogP contribution in [0.1, 0.15) is 37.2 Å². The van der Waals surface area contributed by atoms with E-state index in [0.29, 0.717) is 23.5 Å². The maximum atomic E-state index is 13.1. The standard InChI is InChI=1S/C22H25ClF3N3/c1-3-28(4-2)12-5-13-29-20-11-8-17(22(24,25)26)15-19(20)27-21(29)14-16-6-9-18(23)10-7-16/h6-11,15H,3-5,12-14H2,1-2H3. The van der Waals surface area contributed by atoms with Gasteiger partial charge in [-0.2, -0.15) is 13.2 Å². The second-order valence-electron chi connectivity index (χ2n) is 7.06. The topological polar surface area (TPSA) is 21.1 Å². The van der Waals surface area contributed by atoms with Crippen LogP contribution in [0, 0.1) is 0 Å². The fourth-order valence-electron chi connectivity index (χ4n) is 3.52. The summed E-state index contributed by atoms with van der Waals surface area (Å²) in [6.07, 6.45) is -2.93. The van der Waals surface area contributed by atoms with Crippen LogP contribution in [-0.4, -0.2) is 34.1 Å². The molecule has 0 saturated heterocycles. The third-order valence-corrected chi connectivity index (χ3v) is 5.43. The fourth-order valence-corrected chi connectivity index (χ4v) is 3.64. The Labute approximate surface area is 174 Å². The Balaban J connectivity index is 1.93. The Morgan fingerprint density at radius 1 is 1.03 bits per heavy atom. The third kappa shape index (κ3) is 5.31. The number of benzene rings is 2. The first-order valence-electron chi connectivity index (χ1n) is 9.85. The van der Waals surface area contributed by atoms with Gasteiger partial charge in [0, 0.05) is 18.0 Å². The number of imidazole rings is 1. The van der Waals surface area contributed by atoms with Gasteiger partial charge in [0.2, 0.25) is 0 Å². The Bertz CT molecular complexity index is 944. The molecule has 0 aliphatic carbocycles. The van der Waals surface area contributed by atoms with E-state index in [4.69, 9.17) is 11.6 Å². The van der Waals surface area contributed by atoms with Gasteiger partial charge in [-0.3, -0.25) is 0 Å². The largest absolute Gasteiger partial charge is 0.416 e. The lowest BCUT2D eigenvalue weighted by Gasteiger charge is -2.18. The van der Waals surface area contributed by atoms with Gasteiger partial charge in [0.25, 0.3) is 0 Å². The first-order valence-corrected chi connectivity index (χ1v) is 10.2. The van der Waals surface area contributed by atoms with Crippen LogP contribution < -0.4 is 0 Å². The number of rotatable bonds is 8. The van der Waals surface area contributed by atoms with Crippen LogP contribution in [0.5, 0.6) is 0 Å². The summed E-state index contributed by atoms with van der Waals surface area (Å²) in [5.74, 6) is 0.765. The first-order chi connectivity index (χ1) is 13.8. The number of fused-ring (bicyclic) bond motifs is 1. The molecule has 3 rings (SSSR count). The molecule has 0 bridgehead atoms. The van der Waals surface area contributed by atoms with E-state index in [9.17, 15) is 13.2 Å². The molecule has 0 N–H and O–H groups in total. The highest BCUT2D eigenvalue weighted by atomic mass is 35.5. The van der Waals surface area contributed by atoms with Crippen molar-refractivity contribution in [1.29, 1.82) is 0 Å². The molecule has 0 unspecified atom stereocenters. The zero-order valence-electron chi connectivity index (χ0n) is 16.6. The average Bonchev–Trinajstić information content (AvgIpc) is 3.03. The SMILES string of the molecule is CCN(CC)CCCn1c(Cc2ccc(Cl)cc2)nc2cc(C(F)(F)F)ccc21. The van der Waals surface area contributed by atoms with Crippen molar-refractivity contribution in [2.75, 3.05) is 19.6 Å². The molecule has 0 amide bonds. The van der Waals surface area contributed by atoms with Gasteiger partial charge in [0.15, 0.2) is 0 Å². The van der Waals surface area contributed by atoms with E-state index in [2.05, 4.69) is 23.7 Å². The predicted molar refractivity (Wildman–Crippen MR) is 111 cm³/mol. The number of halogens is 4. The second kappa shape index (κ2) is 9.18. The van der Waals surface area contributed by atoms with E-state index in [1.165, 1.54) is 6.07 Å². The molecule has 0 aliphatic heterocycles. The van der Waals surface area contributed by atoms with Crippen molar-refractivity contribution in [3.05, 3.63) is 64.4 Å². The molecular formula is C22H25ClF3N3. The van der Waals surface area contributed by atoms with Gasteiger partial charge in [-0.15, -0.1) is 0 Å². The summed E-state index contributed by atoms with van der Waals surface area (Å²) in [5.41, 5.74) is 1.47. The minimum absolute atomic E-state index is 0.381. The van der Waals surface area contributed by atoms with E-state index >= 15 is 0 Å². The Morgan fingerprint density at radius 2 is 1.72 bits per heavy atom. The monoisotopic (exact) mass is 423 g/mol. The van der Waals surface area contributed by atoms with Crippen LogP contribution in [0.2, 0.25) is 5.02 Å². The molecule has 0 saturated carbocycles. The van der Waals surface area contributed by atoms with Crippen LogP contribution >= 0.6 is 11.6 Å². The molecule has 3 nitrogen and oxygen atoms in total. The normalized spacial score (nSPS) is 12.2. The molecule has 29 heavy (non-hydrogen) atoms. The second-order valence-corrected chi connectivity index (χ2v) is 7.50. The van der Waals surface area contributed by atoms with Crippen molar-refractivity contribution in [1.82, 2.24) is 14.5 Å². The lowest BCUT2D eigenvalue weighted by molar-refractivity contribution is -0.137. The number of alkyl halides is 3. The van der Waals surface area contributed by atoms with Crippen molar-refractivity contribution in [2.24, 2.45) is 0 Å². The van der Waals surface area contributed by atoms with Gasteiger partial charge in [0.05, 0.1) is 16.6 Å². The Morgan fingerprint density at radius 3 is 2.34 bits per heavy atom. The van der Waals surface area contributed by atoms with E-state index < -0.39 is 11.7 Å². The number of aromatic nitrogens is 2. The van der Waals surface area contributed by atoms with Crippen LogP contribution in [0.15, 0.2) is 42.5 Å². The average molecular weight is 424 g/mol. The molecule has 0 radical (unpaired) electrons. The summed E-state index contributed by atoms with van der Waals surface area (Å²) in [4.78, 5) is 6.89. The number of hydrogen-bond donors (Lipinski definition) is 0. The lowest BCUT2D eigenvalue weighted by Crippen LogP contribution is -2.25. The van der Waals surface area contributed by atoms with Crippen molar-refractivity contribution in [3.63, 3.8) is 0 Å². The quantitative estimate of drug-likeness (QED) is 0.441. The highest BCUT2D eigenvalue weighted by Crippen LogP contribution is 2.32. The molecule has 3 aromatic rings. The van der Waals surface area contributed by atoms with Crippen LogP contribution in [0.3, 0.4) is 0 Å². The van der Waals surface area contributed by atoms with Crippen molar-refractivity contribution >= 4 is 22.6 Å². The first kappa shape index (κ1) is 21.7. The van der Waals surface area contributed by atoms with E-state index in [1.807, 2.05) is 28.8 Å². The van der Waals surface area contributed by atoms with Crippen LogP contribution in [0.25, 0.3) is 11.0 Å². The lowest BCUT2D eigenvalue weighted by atomic mass is 10.1. The summed E-state index contributed by atoms with van der Waals surface area (Å²) in [6, 6.07) is 11.3. The summed E-state index contributed by atoms with van der Waals surface area (Å²) < 4.78 is 41.4. The summed E-state index contributed by atoms with van der Waals surface area (Å²) in [5, 5.41) is 0.649. The van der Waals surface area contributed by atoms with E-state index in [0.717, 1.165) is 55.1 Å². The number of nitrogens with zero attached hydrogens (tertiary/aromatic N) is 3. The van der Waals surface area contributed by atoms with E-state index in [1.54, 1.807) is 0 Å². The molecule has 0 spiro atoms. The van der Waals surface area contributed by atoms with Gasteiger partial charge >= 0.3 is 6.18 Å². The van der Waals surface area contributed by atoms with Gasteiger partial charge in [-0.05, 0) is 62.0 Å². The predicted octanol–water partition coefficient (Wildman–Crippen LogP) is 6.03. The number of hydrogen-bond acceptors (Lipinski definition) is 2. The summed E-state index contributed by atoms with van der Waals surface area (Å²) in [7, 11) is 0. The highest BCUT2D eigenvalue weighted by molar-refractivity contribution is 6.30. The minimum Gasteiger partial charge on any atom is -0.328 e. The minimum atomic E-state index is -4.38. The smallest absolute Gasteiger partial charge is 0.328 e. The zero-order valence-corrected chi connectivity index (χ0v) is 17.4. The molecule has 0 aliphatic rings. The summed E-state index contributed by atoms with van der Waals surface area (Å²) >= 11 is 5.96. The van der Waals surface area contributed by atoms with Gasteiger partial charge in [-0.1, -0.05) is 37.6 Å².